The molecule has 2 aromatic carbocycles. The first-order valence-electron chi connectivity index (χ1n) is 7.55. The van der Waals surface area contributed by atoms with Crippen LogP contribution < -0.4 is 5.32 Å². The summed E-state index contributed by atoms with van der Waals surface area (Å²) in [4.78, 5) is 14.8. The Morgan fingerprint density at radius 1 is 1.09 bits per heavy atom. The molecule has 4 heteroatoms. The second-order valence-electron chi connectivity index (χ2n) is 5.44. The lowest BCUT2D eigenvalue weighted by molar-refractivity contribution is -0.116. The van der Waals surface area contributed by atoms with E-state index in [1.165, 1.54) is 5.56 Å². The molecule has 1 aliphatic rings. The average Bonchev–Trinajstić information content (AvgIpc) is 2.57. The van der Waals surface area contributed by atoms with Gasteiger partial charge in [0.1, 0.15) is 0 Å². The Labute approximate surface area is 135 Å². The van der Waals surface area contributed by atoms with E-state index in [0.717, 1.165) is 31.1 Å². The smallest absolute Gasteiger partial charge is 0.238 e. The summed E-state index contributed by atoms with van der Waals surface area (Å²) in [6.07, 6.45) is 0. The van der Waals surface area contributed by atoms with Crippen LogP contribution in [0.4, 0.5) is 5.69 Å². The molecule has 1 heterocycles. The van der Waals surface area contributed by atoms with Crippen LogP contribution in [-0.4, -0.2) is 34.9 Å². The number of nitrogens with one attached hydrogen (secondary N) is 1. The molecule has 1 aliphatic heterocycles. The van der Waals surface area contributed by atoms with E-state index in [-0.39, 0.29) is 11.2 Å². The van der Waals surface area contributed by atoms with E-state index in [4.69, 9.17) is 0 Å². The maximum absolute atomic E-state index is 12.4. The van der Waals surface area contributed by atoms with Crippen molar-refractivity contribution in [2.45, 2.75) is 11.8 Å². The third-order valence-electron chi connectivity index (χ3n) is 3.73. The Morgan fingerprint density at radius 3 is 2.50 bits per heavy atom. The number of nitrogens with zero attached hydrogens (tertiary/aromatic N) is 1. The highest BCUT2D eigenvalue weighted by Crippen LogP contribution is 2.21. The minimum Gasteiger partial charge on any atom is -0.325 e. The van der Waals surface area contributed by atoms with Gasteiger partial charge in [-0.3, -0.25) is 9.69 Å². The van der Waals surface area contributed by atoms with E-state index < -0.39 is 0 Å². The lowest BCUT2D eigenvalue weighted by atomic mass is 10.2. The monoisotopic (exact) mass is 312 g/mol. The van der Waals surface area contributed by atoms with Gasteiger partial charge < -0.3 is 5.32 Å². The van der Waals surface area contributed by atoms with Crippen LogP contribution in [0.5, 0.6) is 0 Å². The maximum Gasteiger partial charge on any atom is 0.238 e. The highest BCUT2D eigenvalue weighted by Gasteiger charge is 2.26. The van der Waals surface area contributed by atoms with Gasteiger partial charge in [-0.25, -0.2) is 0 Å². The van der Waals surface area contributed by atoms with Crippen molar-refractivity contribution in [1.29, 1.82) is 0 Å². The average molecular weight is 312 g/mol. The summed E-state index contributed by atoms with van der Waals surface area (Å²) in [7, 11) is 0. The van der Waals surface area contributed by atoms with Crippen molar-refractivity contribution in [2.24, 2.45) is 0 Å². The fraction of sp³-hybridized carbons (Fsp3) is 0.278. The highest BCUT2D eigenvalue weighted by molar-refractivity contribution is 8.00. The quantitative estimate of drug-likeness (QED) is 0.940. The summed E-state index contributed by atoms with van der Waals surface area (Å²) in [5.74, 6) is 1.11. The van der Waals surface area contributed by atoms with E-state index in [2.05, 4.69) is 34.5 Å². The van der Waals surface area contributed by atoms with Crippen LogP contribution in [0.25, 0.3) is 0 Å². The molecule has 1 N–H and O–H groups in total. The van der Waals surface area contributed by atoms with Crippen LogP contribution in [0, 0.1) is 0 Å². The number of para-hydroxylation sites is 1. The van der Waals surface area contributed by atoms with E-state index in [0.29, 0.717) is 0 Å². The predicted octanol–water partition coefficient (Wildman–Crippen LogP) is 3.24. The third-order valence-corrected chi connectivity index (χ3v) is 4.92. The van der Waals surface area contributed by atoms with Crippen LogP contribution in [0.15, 0.2) is 60.7 Å². The maximum atomic E-state index is 12.4. The minimum atomic E-state index is -0.00216. The van der Waals surface area contributed by atoms with Crippen molar-refractivity contribution in [1.82, 2.24) is 4.90 Å². The first-order valence-corrected chi connectivity index (χ1v) is 8.60. The highest BCUT2D eigenvalue weighted by atomic mass is 32.2. The molecule has 1 amide bonds. The number of carbonyl (C=O) groups excluding carboxylic acids is 1. The topological polar surface area (TPSA) is 32.3 Å². The summed E-state index contributed by atoms with van der Waals surface area (Å²) >= 11 is 1.75. The Morgan fingerprint density at radius 2 is 1.77 bits per heavy atom. The van der Waals surface area contributed by atoms with Gasteiger partial charge in [0.25, 0.3) is 0 Å². The van der Waals surface area contributed by atoms with Crippen molar-refractivity contribution in [3.63, 3.8) is 0 Å². The van der Waals surface area contributed by atoms with Gasteiger partial charge in [0.15, 0.2) is 0 Å². The second kappa shape index (κ2) is 7.47. The van der Waals surface area contributed by atoms with Crippen molar-refractivity contribution in [2.75, 3.05) is 24.2 Å². The van der Waals surface area contributed by atoms with Gasteiger partial charge in [-0.2, -0.15) is 0 Å². The van der Waals surface area contributed by atoms with Gasteiger partial charge in [0.2, 0.25) is 5.91 Å². The molecule has 3 nitrogen and oxygen atoms in total. The van der Waals surface area contributed by atoms with E-state index in [1.54, 1.807) is 11.8 Å². The summed E-state index contributed by atoms with van der Waals surface area (Å²) in [5.41, 5.74) is 2.17. The van der Waals surface area contributed by atoms with Crippen LogP contribution >= 0.6 is 11.8 Å². The number of benzene rings is 2. The van der Waals surface area contributed by atoms with Crippen molar-refractivity contribution >= 4 is 23.4 Å². The number of amides is 1. The van der Waals surface area contributed by atoms with Gasteiger partial charge >= 0.3 is 0 Å². The zero-order valence-corrected chi connectivity index (χ0v) is 13.3. The van der Waals surface area contributed by atoms with Crippen molar-refractivity contribution in [3.8, 4) is 0 Å². The largest absolute Gasteiger partial charge is 0.325 e. The van der Waals surface area contributed by atoms with Crippen LogP contribution in [-0.2, 0) is 11.3 Å². The summed E-state index contributed by atoms with van der Waals surface area (Å²) in [5, 5.41) is 3.01. The molecule has 0 spiro atoms. The molecule has 0 aromatic heterocycles. The van der Waals surface area contributed by atoms with E-state index in [1.807, 2.05) is 36.4 Å². The van der Waals surface area contributed by atoms with Gasteiger partial charge in [-0.1, -0.05) is 48.5 Å². The fourth-order valence-electron chi connectivity index (χ4n) is 2.59. The lowest BCUT2D eigenvalue weighted by Crippen LogP contribution is -2.42. The molecule has 0 saturated carbocycles. The van der Waals surface area contributed by atoms with E-state index >= 15 is 0 Å². The number of carbonyl (C=O) groups is 1. The van der Waals surface area contributed by atoms with Crippen molar-refractivity contribution in [3.05, 3.63) is 66.2 Å². The van der Waals surface area contributed by atoms with E-state index in [9.17, 15) is 4.79 Å². The van der Waals surface area contributed by atoms with Gasteiger partial charge in [-0.15, -0.1) is 11.8 Å². The zero-order chi connectivity index (χ0) is 15.2. The normalized spacial score (nSPS) is 18.8. The Kier molecular flexibility index (Phi) is 5.14. The van der Waals surface area contributed by atoms with Crippen LogP contribution in [0.2, 0.25) is 0 Å². The predicted molar refractivity (Wildman–Crippen MR) is 93.0 cm³/mol. The second-order valence-corrected chi connectivity index (χ2v) is 6.75. The Balaban J connectivity index is 1.57. The molecule has 114 valence electrons. The van der Waals surface area contributed by atoms with Crippen LogP contribution in [0.1, 0.15) is 5.56 Å². The molecular weight excluding hydrogens is 292 g/mol. The number of anilines is 1. The Hall–Kier alpha value is -1.78. The number of rotatable bonds is 4. The number of hydrogen-bond donors (Lipinski definition) is 1. The zero-order valence-electron chi connectivity index (χ0n) is 12.4. The summed E-state index contributed by atoms with van der Waals surface area (Å²) < 4.78 is 0. The first kappa shape index (κ1) is 15.1. The minimum absolute atomic E-state index is 0.00216. The van der Waals surface area contributed by atoms with Gasteiger partial charge in [0.05, 0.1) is 5.25 Å². The molecule has 2 aromatic rings. The Bertz CT molecular complexity index is 603. The van der Waals surface area contributed by atoms with Crippen molar-refractivity contribution < 1.29 is 4.79 Å². The lowest BCUT2D eigenvalue weighted by Gasteiger charge is -2.31. The molecule has 0 aliphatic carbocycles. The molecule has 1 unspecified atom stereocenters. The van der Waals surface area contributed by atoms with Gasteiger partial charge in [-0.05, 0) is 17.7 Å². The molecule has 0 bridgehead atoms. The number of hydrogen-bond acceptors (Lipinski definition) is 3. The molecule has 0 radical (unpaired) electrons. The molecule has 1 saturated heterocycles. The molecule has 1 atom stereocenters. The molecule has 3 rings (SSSR count). The van der Waals surface area contributed by atoms with Crippen LogP contribution in [0.3, 0.4) is 0 Å². The fourth-order valence-corrected chi connectivity index (χ4v) is 3.77. The third kappa shape index (κ3) is 4.12. The molecular formula is C18H20N2OS. The molecule has 1 fully saturated rings. The SMILES string of the molecule is O=C(Nc1ccccc1)C1CN(Cc2ccccc2)CCS1. The van der Waals surface area contributed by atoms with Gasteiger partial charge in [0, 0.05) is 31.1 Å². The summed E-state index contributed by atoms with van der Waals surface area (Å²) in [6, 6.07) is 20.1. The summed E-state index contributed by atoms with van der Waals surface area (Å²) in [6.45, 7) is 2.75. The number of thioether (sulfide) groups is 1. The standard InChI is InChI=1S/C18H20N2OS/c21-18(19-16-9-5-2-6-10-16)17-14-20(11-12-22-17)13-15-7-3-1-4-8-15/h1-10,17H,11-14H2,(H,19,21). The first-order chi connectivity index (χ1) is 10.8. The molecule has 22 heavy (non-hydrogen) atoms.